The molecule has 1 fully saturated rings. The quantitative estimate of drug-likeness (QED) is 0.207. The Balaban J connectivity index is 2.69. The number of hydrogen-bond acceptors (Lipinski definition) is 3. The van der Waals surface area contributed by atoms with E-state index < -0.39 is 6.09 Å². The summed E-state index contributed by atoms with van der Waals surface area (Å²) >= 11 is 0. The number of carbonyl (C=O) groups excluding carboxylic acids is 1. The Morgan fingerprint density at radius 2 is 2.62 bits per heavy atom. The number of hydroxylamine groups is 1. The molecule has 1 aliphatic rings. The Morgan fingerprint density at radius 3 is 3.15 bits per heavy atom. The van der Waals surface area contributed by atoms with Crippen molar-refractivity contribution in [3.05, 3.63) is 17.9 Å². The van der Waals surface area contributed by atoms with Gasteiger partial charge in [-0.1, -0.05) is 6.08 Å². The van der Waals surface area contributed by atoms with Crippen LogP contribution in [0.1, 0.15) is 0 Å². The molecule has 0 aromatic heterocycles. The number of amides is 1. The summed E-state index contributed by atoms with van der Waals surface area (Å²) in [6, 6.07) is -0.270. The van der Waals surface area contributed by atoms with Crippen molar-refractivity contribution in [2.45, 2.75) is 6.04 Å². The molecular weight excluding hydrogens is 172 g/mol. The molecule has 1 atom stereocenters. The van der Waals surface area contributed by atoms with Gasteiger partial charge in [-0.25, -0.2) is 9.53 Å². The fourth-order valence-electron chi connectivity index (χ4n) is 1.18. The Morgan fingerprint density at radius 1 is 1.92 bits per heavy atom. The molecule has 5 heteroatoms. The van der Waals surface area contributed by atoms with Gasteiger partial charge in [0.1, 0.15) is 19.7 Å². The molecule has 0 aromatic carbocycles. The van der Waals surface area contributed by atoms with Crippen LogP contribution in [0.2, 0.25) is 0 Å². The van der Waals surface area contributed by atoms with Crippen LogP contribution < -0.4 is 0 Å². The summed E-state index contributed by atoms with van der Waals surface area (Å²) in [6.07, 6.45) is 2.59. The largest absolute Gasteiger partial charge is 0.624 e. The third-order valence-corrected chi connectivity index (χ3v) is 1.72. The van der Waals surface area contributed by atoms with Crippen LogP contribution in [-0.4, -0.2) is 48.2 Å². The van der Waals surface area contributed by atoms with Gasteiger partial charge in [0.2, 0.25) is 0 Å². The molecule has 0 bridgehead atoms. The molecule has 1 aliphatic heterocycles. The van der Waals surface area contributed by atoms with Crippen molar-refractivity contribution in [3.63, 3.8) is 0 Å². The van der Waals surface area contributed by atoms with Gasteiger partial charge >= 0.3 is 6.09 Å². The summed E-state index contributed by atoms with van der Waals surface area (Å²) in [5, 5.41) is 10.7. The Kier molecular flexibility index (Phi) is 2.89. The van der Waals surface area contributed by atoms with Gasteiger partial charge in [0.25, 0.3) is 0 Å². The minimum atomic E-state index is -0.400. The molecule has 0 aliphatic carbocycles. The molecule has 0 radical (unpaired) electrons. The van der Waals surface area contributed by atoms with Crippen LogP contribution in [0.3, 0.4) is 0 Å². The van der Waals surface area contributed by atoms with E-state index in [0.717, 1.165) is 0 Å². The summed E-state index contributed by atoms with van der Waals surface area (Å²) in [5.41, 5.74) is 0. The summed E-state index contributed by atoms with van der Waals surface area (Å²) in [5.74, 6) is 0. The van der Waals surface area contributed by atoms with Crippen LogP contribution in [-0.2, 0) is 4.74 Å². The highest BCUT2D eigenvalue weighted by Gasteiger charge is 2.32. The van der Waals surface area contributed by atoms with E-state index in [1.165, 1.54) is 18.2 Å². The minimum Gasteiger partial charge on any atom is -0.624 e. The maximum Gasteiger partial charge on any atom is 0.410 e. The lowest BCUT2D eigenvalue weighted by molar-refractivity contribution is -0.419. The zero-order valence-corrected chi connectivity index (χ0v) is 7.47. The smallest absolute Gasteiger partial charge is 0.410 e. The minimum absolute atomic E-state index is 0.235. The fourth-order valence-corrected chi connectivity index (χ4v) is 1.18. The lowest BCUT2D eigenvalue weighted by atomic mass is 10.3. The van der Waals surface area contributed by atoms with Gasteiger partial charge in [0, 0.05) is 6.54 Å². The van der Waals surface area contributed by atoms with Gasteiger partial charge in [0.05, 0.1) is 0 Å². The number of carbonyl (C=O) groups is 1. The van der Waals surface area contributed by atoms with Crippen LogP contribution >= 0.6 is 0 Å². The third-order valence-electron chi connectivity index (χ3n) is 1.72. The van der Waals surface area contributed by atoms with Gasteiger partial charge < -0.3 is 9.94 Å². The molecule has 1 amide bonds. The highest BCUT2D eigenvalue weighted by atomic mass is 16.6. The average molecular weight is 184 g/mol. The van der Waals surface area contributed by atoms with Gasteiger partial charge in [-0.3, -0.25) is 4.90 Å². The van der Waals surface area contributed by atoms with E-state index in [-0.39, 0.29) is 12.6 Å². The van der Waals surface area contributed by atoms with Gasteiger partial charge in [-0.2, -0.15) is 0 Å². The number of rotatable bonds is 3. The highest BCUT2D eigenvalue weighted by molar-refractivity contribution is 5.77. The molecular formula is C8H12N2O3. The van der Waals surface area contributed by atoms with Crippen molar-refractivity contribution in [2.24, 2.45) is 0 Å². The van der Waals surface area contributed by atoms with Crippen molar-refractivity contribution in [1.29, 1.82) is 0 Å². The number of ether oxygens (including phenoxy) is 1. The monoisotopic (exact) mass is 184 g/mol. The van der Waals surface area contributed by atoms with E-state index in [1.54, 1.807) is 6.08 Å². The maximum absolute atomic E-state index is 11.1. The lowest BCUT2D eigenvalue weighted by Gasteiger charge is -2.14. The zero-order chi connectivity index (χ0) is 9.84. The van der Waals surface area contributed by atoms with E-state index in [2.05, 4.69) is 6.58 Å². The second kappa shape index (κ2) is 3.93. The molecule has 0 spiro atoms. The van der Waals surface area contributed by atoms with Crippen molar-refractivity contribution in [3.8, 4) is 0 Å². The summed E-state index contributed by atoms with van der Waals surface area (Å²) in [7, 11) is 1.37. The molecule has 0 unspecified atom stereocenters. The second-order valence-corrected chi connectivity index (χ2v) is 2.78. The fraction of sp³-hybridized carbons (Fsp3) is 0.500. The first-order valence-electron chi connectivity index (χ1n) is 3.94. The predicted molar refractivity (Wildman–Crippen MR) is 47.7 cm³/mol. The SMILES string of the molecule is C=CCN1C(=O)OC[C@H]1/C=[N+](/C)[O-]. The van der Waals surface area contributed by atoms with Crippen LogP contribution in [0.4, 0.5) is 4.79 Å². The molecule has 13 heavy (non-hydrogen) atoms. The lowest BCUT2D eigenvalue weighted by Crippen LogP contribution is -2.36. The first-order valence-corrected chi connectivity index (χ1v) is 3.94. The molecule has 0 saturated carbocycles. The number of cyclic esters (lactones) is 1. The summed E-state index contributed by atoms with van der Waals surface area (Å²) < 4.78 is 5.44. The molecule has 0 aromatic rings. The predicted octanol–water partition coefficient (Wildman–Crippen LogP) is 0.204. The first kappa shape index (κ1) is 9.57. The van der Waals surface area contributed by atoms with E-state index in [0.29, 0.717) is 11.3 Å². The second-order valence-electron chi connectivity index (χ2n) is 2.78. The van der Waals surface area contributed by atoms with Crippen molar-refractivity contribution in [2.75, 3.05) is 20.2 Å². The molecule has 1 saturated heterocycles. The Bertz CT molecular complexity index is 246. The van der Waals surface area contributed by atoms with Gasteiger partial charge in [-0.15, -0.1) is 6.58 Å². The van der Waals surface area contributed by atoms with E-state index in [9.17, 15) is 10.0 Å². The molecule has 72 valence electrons. The average Bonchev–Trinajstić information content (AvgIpc) is 2.35. The molecule has 1 heterocycles. The van der Waals surface area contributed by atoms with Gasteiger partial charge in [0.15, 0.2) is 6.21 Å². The third kappa shape index (κ3) is 2.21. The first-order chi connectivity index (χ1) is 6.15. The normalized spacial score (nSPS) is 23.2. The molecule has 1 rings (SSSR count). The van der Waals surface area contributed by atoms with E-state index in [1.807, 2.05) is 0 Å². The highest BCUT2D eigenvalue weighted by Crippen LogP contribution is 2.09. The van der Waals surface area contributed by atoms with Crippen molar-refractivity contribution >= 4 is 12.3 Å². The summed E-state index contributed by atoms with van der Waals surface area (Å²) in [4.78, 5) is 12.5. The molecule has 5 nitrogen and oxygen atoms in total. The van der Waals surface area contributed by atoms with Crippen LogP contribution in [0.15, 0.2) is 12.7 Å². The maximum atomic E-state index is 11.1. The number of hydrogen-bond donors (Lipinski definition) is 0. The molecule has 0 N–H and O–H groups in total. The standard InChI is InChI=1S/C8H12N2O3/c1-3-4-10-7(5-9(2)12)6-13-8(10)11/h3,5,7H,1,4,6H2,2H3/b9-5-/t7-/m1/s1. The number of nitrogens with zero attached hydrogens (tertiary/aromatic N) is 2. The van der Waals surface area contributed by atoms with Crippen LogP contribution in [0.25, 0.3) is 0 Å². The van der Waals surface area contributed by atoms with Gasteiger partial charge in [-0.05, 0) is 0 Å². The summed E-state index contributed by atoms with van der Waals surface area (Å²) in [6.45, 7) is 4.15. The van der Waals surface area contributed by atoms with E-state index in [4.69, 9.17) is 4.74 Å². The van der Waals surface area contributed by atoms with Crippen molar-refractivity contribution < 1.29 is 14.3 Å². The van der Waals surface area contributed by atoms with Crippen LogP contribution in [0.5, 0.6) is 0 Å². The zero-order valence-electron chi connectivity index (χ0n) is 7.47. The Hall–Kier alpha value is -1.52. The van der Waals surface area contributed by atoms with E-state index >= 15 is 0 Å². The van der Waals surface area contributed by atoms with Crippen molar-refractivity contribution in [1.82, 2.24) is 4.90 Å². The topological polar surface area (TPSA) is 55.6 Å². The van der Waals surface area contributed by atoms with Crippen LogP contribution in [0, 0.1) is 5.21 Å². The Labute approximate surface area is 76.5 Å².